The van der Waals surface area contributed by atoms with Gasteiger partial charge in [0.05, 0.1) is 16.0 Å². The quantitative estimate of drug-likeness (QED) is 0.808. The first-order valence-electron chi connectivity index (χ1n) is 4.15. The molecule has 102 valence electrons. The summed E-state index contributed by atoms with van der Waals surface area (Å²) in [7, 11) is -4.92. The summed E-state index contributed by atoms with van der Waals surface area (Å²) >= 11 is 0. The maximum atomic E-state index is 12.5. The van der Waals surface area contributed by atoms with Crippen LogP contribution in [-0.2, 0) is 22.4 Å². The van der Waals surface area contributed by atoms with E-state index >= 15 is 0 Å². The van der Waals surface area contributed by atoms with Gasteiger partial charge in [-0.05, 0) is 12.1 Å². The third-order valence-corrected chi connectivity index (χ3v) is 2.87. The highest BCUT2D eigenvalue weighted by atomic mass is 32.2. The molecule has 0 aliphatic rings. The number of alkyl halides is 6. The Kier molecular flexibility index (Phi) is 3.38. The molecule has 0 saturated heterocycles. The lowest BCUT2D eigenvalue weighted by Crippen LogP contribution is -2.23. The molecule has 1 aromatic carbocycles. The highest BCUT2D eigenvalue weighted by Crippen LogP contribution is 2.42. The van der Waals surface area contributed by atoms with Crippen LogP contribution in [0.25, 0.3) is 0 Å². The summed E-state index contributed by atoms with van der Waals surface area (Å²) < 4.78 is 96.7. The van der Waals surface area contributed by atoms with Crippen molar-refractivity contribution in [3.05, 3.63) is 29.3 Å². The summed E-state index contributed by atoms with van der Waals surface area (Å²) in [5.41, 5.74) is -4.40. The monoisotopic (exact) mass is 293 g/mol. The van der Waals surface area contributed by atoms with Gasteiger partial charge < -0.3 is 0 Å². The molecule has 1 rings (SSSR count). The second kappa shape index (κ2) is 4.12. The number of benzene rings is 1. The van der Waals surface area contributed by atoms with Gasteiger partial charge in [0.1, 0.15) is 0 Å². The van der Waals surface area contributed by atoms with E-state index in [0.717, 1.165) is 0 Å². The SMILES string of the molecule is NS(=O)(=O)c1cccc(C(F)(F)F)c1C(F)(F)F. The fourth-order valence-electron chi connectivity index (χ4n) is 1.30. The summed E-state index contributed by atoms with van der Waals surface area (Å²) in [6.07, 6.45) is -10.8. The maximum absolute atomic E-state index is 12.5. The number of rotatable bonds is 1. The largest absolute Gasteiger partial charge is 0.418 e. The topological polar surface area (TPSA) is 60.2 Å². The number of primary sulfonamides is 1. The van der Waals surface area contributed by atoms with Gasteiger partial charge in [0, 0.05) is 0 Å². The average Bonchev–Trinajstić information content (AvgIpc) is 2.12. The number of halogens is 6. The summed E-state index contributed by atoms with van der Waals surface area (Å²) in [5.74, 6) is 0. The molecule has 2 N–H and O–H groups in total. The molecule has 0 heterocycles. The lowest BCUT2D eigenvalue weighted by molar-refractivity contribution is -0.163. The lowest BCUT2D eigenvalue weighted by Gasteiger charge is -2.17. The third-order valence-electron chi connectivity index (χ3n) is 1.92. The van der Waals surface area contributed by atoms with Crippen molar-refractivity contribution in [1.82, 2.24) is 0 Å². The molecule has 3 nitrogen and oxygen atoms in total. The molecule has 0 aromatic heterocycles. The molecule has 10 heteroatoms. The molecule has 1 aromatic rings. The van der Waals surface area contributed by atoms with Crippen molar-refractivity contribution < 1.29 is 34.8 Å². The second-order valence-electron chi connectivity index (χ2n) is 3.22. The van der Waals surface area contributed by atoms with E-state index in [-0.39, 0.29) is 6.07 Å². The summed E-state index contributed by atoms with van der Waals surface area (Å²) in [6, 6.07) is 1.04. The van der Waals surface area contributed by atoms with Crippen LogP contribution in [0.3, 0.4) is 0 Å². The third kappa shape index (κ3) is 2.93. The van der Waals surface area contributed by atoms with Crippen LogP contribution in [0.1, 0.15) is 11.1 Å². The molecule has 0 aliphatic heterocycles. The van der Waals surface area contributed by atoms with Crippen LogP contribution in [-0.4, -0.2) is 8.42 Å². The van der Waals surface area contributed by atoms with Crippen molar-refractivity contribution in [3.8, 4) is 0 Å². The van der Waals surface area contributed by atoms with Crippen molar-refractivity contribution in [3.63, 3.8) is 0 Å². The normalized spacial score (nSPS) is 13.7. The molecule has 0 fully saturated rings. The minimum atomic E-state index is -5.49. The highest BCUT2D eigenvalue weighted by molar-refractivity contribution is 7.89. The zero-order valence-electron chi connectivity index (χ0n) is 8.30. The van der Waals surface area contributed by atoms with Gasteiger partial charge in [-0.1, -0.05) is 6.07 Å². The Balaban J connectivity index is 3.79. The van der Waals surface area contributed by atoms with E-state index in [9.17, 15) is 34.8 Å². The van der Waals surface area contributed by atoms with Crippen molar-refractivity contribution >= 4 is 10.0 Å². The van der Waals surface area contributed by atoms with E-state index < -0.39 is 38.4 Å². The van der Waals surface area contributed by atoms with Crippen molar-refractivity contribution in [2.24, 2.45) is 5.14 Å². The Labute approximate surface area is 97.3 Å². The van der Waals surface area contributed by atoms with Gasteiger partial charge in [-0.2, -0.15) is 26.3 Å². The van der Waals surface area contributed by atoms with E-state index in [1.807, 2.05) is 0 Å². The fraction of sp³-hybridized carbons (Fsp3) is 0.250. The van der Waals surface area contributed by atoms with Gasteiger partial charge >= 0.3 is 12.4 Å². The van der Waals surface area contributed by atoms with Crippen LogP contribution in [0.4, 0.5) is 26.3 Å². The van der Waals surface area contributed by atoms with Crippen LogP contribution in [0, 0.1) is 0 Å². The van der Waals surface area contributed by atoms with Crippen molar-refractivity contribution in [1.29, 1.82) is 0 Å². The summed E-state index contributed by atoms with van der Waals surface area (Å²) in [4.78, 5) is -1.61. The van der Waals surface area contributed by atoms with Gasteiger partial charge in [-0.25, -0.2) is 13.6 Å². The standard InChI is InChI=1S/C8H5F6NO2S/c9-7(10,11)4-2-1-3-5(18(15,16)17)6(4)8(12,13)14/h1-3H,(H2,15,16,17). The predicted molar refractivity (Wildman–Crippen MR) is 47.8 cm³/mol. The Morgan fingerprint density at radius 1 is 0.944 bits per heavy atom. The molecule has 0 radical (unpaired) electrons. The molecule has 0 atom stereocenters. The summed E-state index contributed by atoms with van der Waals surface area (Å²) in [6.45, 7) is 0. The highest BCUT2D eigenvalue weighted by Gasteiger charge is 2.46. The van der Waals surface area contributed by atoms with E-state index in [1.54, 1.807) is 0 Å². The second-order valence-corrected chi connectivity index (χ2v) is 4.75. The van der Waals surface area contributed by atoms with Crippen LogP contribution in [0.15, 0.2) is 23.1 Å². The maximum Gasteiger partial charge on any atom is 0.418 e. The number of nitrogens with two attached hydrogens (primary N) is 1. The molecule has 0 bridgehead atoms. The Bertz CT molecular complexity index is 560. The number of hydrogen-bond acceptors (Lipinski definition) is 2. The average molecular weight is 293 g/mol. The molecule has 0 spiro atoms. The molecule has 18 heavy (non-hydrogen) atoms. The minimum Gasteiger partial charge on any atom is -0.225 e. The molecule has 0 unspecified atom stereocenters. The van der Waals surface area contributed by atoms with E-state index in [4.69, 9.17) is 0 Å². The fourth-order valence-corrected chi connectivity index (χ4v) is 2.08. The number of sulfonamides is 1. The van der Waals surface area contributed by atoms with Crippen LogP contribution in [0.5, 0.6) is 0 Å². The Morgan fingerprint density at radius 3 is 1.78 bits per heavy atom. The Morgan fingerprint density at radius 2 is 1.44 bits per heavy atom. The number of hydrogen-bond donors (Lipinski definition) is 1. The van der Waals surface area contributed by atoms with Crippen LogP contribution < -0.4 is 5.14 Å². The van der Waals surface area contributed by atoms with E-state index in [1.165, 1.54) is 0 Å². The lowest BCUT2D eigenvalue weighted by atomic mass is 10.1. The van der Waals surface area contributed by atoms with Crippen molar-refractivity contribution in [2.45, 2.75) is 17.2 Å². The zero-order valence-corrected chi connectivity index (χ0v) is 9.12. The van der Waals surface area contributed by atoms with Gasteiger partial charge in [0.25, 0.3) is 0 Å². The molecule has 0 aliphatic carbocycles. The first kappa shape index (κ1) is 14.8. The zero-order chi connectivity index (χ0) is 14.4. The molecular weight excluding hydrogens is 288 g/mol. The van der Waals surface area contributed by atoms with E-state index in [0.29, 0.717) is 12.1 Å². The Hall–Kier alpha value is -1.29. The van der Waals surface area contributed by atoms with Gasteiger partial charge in [0.2, 0.25) is 10.0 Å². The van der Waals surface area contributed by atoms with Crippen molar-refractivity contribution in [2.75, 3.05) is 0 Å². The molecular formula is C8H5F6NO2S. The summed E-state index contributed by atoms with van der Waals surface area (Å²) in [5, 5.41) is 4.47. The minimum absolute atomic E-state index is 0.136. The smallest absolute Gasteiger partial charge is 0.225 e. The van der Waals surface area contributed by atoms with E-state index in [2.05, 4.69) is 5.14 Å². The van der Waals surface area contributed by atoms with Crippen LogP contribution >= 0.6 is 0 Å². The van der Waals surface area contributed by atoms with Gasteiger partial charge in [0.15, 0.2) is 0 Å². The van der Waals surface area contributed by atoms with Gasteiger partial charge in [-0.3, -0.25) is 0 Å². The molecule has 0 amide bonds. The first-order valence-corrected chi connectivity index (χ1v) is 5.70. The molecule has 0 saturated carbocycles. The van der Waals surface area contributed by atoms with Gasteiger partial charge in [-0.15, -0.1) is 0 Å². The predicted octanol–water partition coefficient (Wildman–Crippen LogP) is 2.37. The van der Waals surface area contributed by atoms with Crippen LogP contribution in [0.2, 0.25) is 0 Å². The first-order chi connectivity index (χ1) is 7.85.